The summed E-state index contributed by atoms with van der Waals surface area (Å²) in [5.74, 6) is 0.955. The number of nitrogens with zero attached hydrogens (tertiary/aromatic N) is 2. The molecule has 3 aliphatic heterocycles. The number of rotatable bonds is 3. The average Bonchev–Trinajstić information content (AvgIpc) is 2.48. The number of piperidine rings is 3. The van der Waals surface area contributed by atoms with E-state index in [1.807, 2.05) is 6.07 Å². The van der Waals surface area contributed by atoms with Crippen molar-refractivity contribution in [3.8, 4) is 5.75 Å². The molecule has 1 aromatic carbocycles. The zero-order valence-corrected chi connectivity index (χ0v) is 12.6. The fourth-order valence-electron chi connectivity index (χ4n) is 3.10. The van der Waals surface area contributed by atoms with Crippen LogP contribution in [0.25, 0.3) is 0 Å². The van der Waals surface area contributed by atoms with Gasteiger partial charge in [-0.2, -0.15) is 5.10 Å². The van der Waals surface area contributed by atoms with E-state index in [0.717, 1.165) is 18.0 Å². The summed E-state index contributed by atoms with van der Waals surface area (Å²) in [6.45, 7) is 3.51. The van der Waals surface area contributed by atoms with Gasteiger partial charge in [0.2, 0.25) is 0 Å². The van der Waals surface area contributed by atoms with Gasteiger partial charge < -0.3 is 15.3 Å². The molecule has 5 nitrogen and oxygen atoms in total. The lowest BCUT2D eigenvalue weighted by molar-refractivity contribution is 0.0812. The van der Waals surface area contributed by atoms with Crippen LogP contribution >= 0.6 is 12.2 Å². The molecule has 6 heteroatoms. The van der Waals surface area contributed by atoms with Crippen molar-refractivity contribution in [2.45, 2.75) is 18.9 Å². The largest absolute Gasteiger partial charge is 0.508 e. The van der Waals surface area contributed by atoms with E-state index in [0.29, 0.717) is 11.2 Å². The van der Waals surface area contributed by atoms with Crippen LogP contribution in [0, 0.1) is 5.92 Å². The Morgan fingerprint density at radius 2 is 2.19 bits per heavy atom. The standard InChI is InChI=1S/C15H20N4OS/c20-13-3-1-2-11(8-13)9-16-18-15(21)17-14-10-19-6-4-12(14)5-7-19/h1-3,8-9,12,14,20H,4-7,10H2,(H2,17,18,21)/b16-9+/t14-/m0/s1. The second kappa shape index (κ2) is 6.41. The molecule has 2 bridgehead atoms. The SMILES string of the molecule is Oc1cccc(/C=N/NC(=S)N[C@H]2CN3CCC2CC3)c1. The number of benzene rings is 1. The van der Waals surface area contributed by atoms with Crippen LogP contribution in [0.2, 0.25) is 0 Å². The first-order chi connectivity index (χ1) is 10.2. The highest BCUT2D eigenvalue weighted by molar-refractivity contribution is 7.80. The Kier molecular flexibility index (Phi) is 4.36. The molecule has 0 aromatic heterocycles. The fraction of sp³-hybridized carbons (Fsp3) is 0.467. The predicted octanol–water partition coefficient (Wildman–Crippen LogP) is 1.28. The van der Waals surface area contributed by atoms with Gasteiger partial charge in [-0.3, -0.25) is 5.43 Å². The molecule has 0 amide bonds. The van der Waals surface area contributed by atoms with Crippen molar-refractivity contribution in [1.82, 2.24) is 15.6 Å². The lowest BCUT2D eigenvalue weighted by Crippen LogP contribution is -2.58. The quantitative estimate of drug-likeness (QED) is 0.446. The maximum absolute atomic E-state index is 9.37. The minimum atomic E-state index is 0.229. The Balaban J connectivity index is 1.48. The van der Waals surface area contributed by atoms with E-state index in [2.05, 4.69) is 20.7 Å². The molecule has 0 radical (unpaired) electrons. The van der Waals surface area contributed by atoms with Crippen molar-refractivity contribution in [1.29, 1.82) is 0 Å². The minimum absolute atomic E-state index is 0.229. The lowest BCUT2D eigenvalue weighted by Gasteiger charge is -2.45. The van der Waals surface area contributed by atoms with Crippen LogP contribution in [0.1, 0.15) is 18.4 Å². The Morgan fingerprint density at radius 3 is 2.86 bits per heavy atom. The van der Waals surface area contributed by atoms with E-state index < -0.39 is 0 Å². The molecule has 0 unspecified atom stereocenters. The Morgan fingerprint density at radius 1 is 1.38 bits per heavy atom. The smallest absolute Gasteiger partial charge is 0.187 e. The van der Waals surface area contributed by atoms with E-state index in [-0.39, 0.29) is 5.75 Å². The van der Waals surface area contributed by atoms with E-state index in [9.17, 15) is 5.11 Å². The molecule has 3 fully saturated rings. The highest BCUT2D eigenvalue weighted by Crippen LogP contribution is 2.27. The van der Waals surface area contributed by atoms with Crippen molar-refractivity contribution >= 4 is 23.5 Å². The number of fused-ring (bicyclic) bond motifs is 3. The van der Waals surface area contributed by atoms with Crippen LogP contribution in [-0.2, 0) is 0 Å². The first-order valence-corrected chi connectivity index (χ1v) is 7.72. The molecule has 3 aliphatic rings. The normalized spacial score (nSPS) is 27.7. The average molecular weight is 304 g/mol. The van der Waals surface area contributed by atoms with Crippen LogP contribution in [0.15, 0.2) is 29.4 Å². The molecule has 0 aliphatic carbocycles. The number of aromatic hydroxyl groups is 1. The Labute approximate surface area is 130 Å². The molecule has 1 aromatic rings. The molecule has 0 saturated carbocycles. The first kappa shape index (κ1) is 14.3. The third kappa shape index (κ3) is 3.71. The van der Waals surface area contributed by atoms with Gasteiger partial charge in [-0.15, -0.1) is 0 Å². The van der Waals surface area contributed by atoms with E-state index in [1.165, 1.54) is 25.9 Å². The van der Waals surface area contributed by atoms with Crippen LogP contribution in [0.5, 0.6) is 5.75 Å². The van der Waals surface area contributed by atoms with Gasteiger partial charge in [0.05, 0.1) is 6.21 Å². The van der Waals surface area contributed by atoms with Crippen LogP contribution in [0.3, 0.4) is 0 Å². The molecule has 3 saturated heterocycles. The van der Waals surface area contributed by atoms with Crippen LogP contribution in [0.4, 0.5) is 0 Å². The van der Waals surface area contributed by atoms with Crippen LogP contribution in [-0.4, -0.2) is 47.0 Å². The molecular formula is C15H20N4OS. The zero-order valence-electron chi connectivity index (χ0n) is 11.8. The summed E-state index contributed by atoms with van der Waals surface area (Å²) >= 11 is 5.29. The van der Waals surface area contributed by atoms with Crippen molar-refractivity contribution in [2.75, 3.05) is 19.6 Å². The highest BCUT2D eigenvalue weighted by atomic mass is 32.1. The highest BCUT2D eigenvalue weighted by Gasteiger charge is 2.34. The Hall–Kier alpha value is -1.66. The van der Waals surface area contributed by atoms with Gasteiger partial charge in [0.25, 0.3) is 0 Å². The van der Waals surface area contributed by atoms with E-state index in [1.54, 1.807) is 24.4 Å². The van der Waals surface area contributed by atoms with E-state index in [4.69, 9.17) is 12.2 Å². The van der Waals surface area contributed by atoms with Gasteiger partial charge >= 0.3 is 0 Å². The van der Waals surface area contributed by atoms with Gasteiger partial charge in [0, 0.05) is 12.6 Å². The number of phenols is 1. The predicted molar refractivity (Wildman–Crippen MR) is 87.5 cm³/mol. The minimum Gasteiger partial charge on any atom is -0.508 e. The summed E-state index contributed by atoms with van der Waals surface area (Å²) in [5.41, 5.74) is 3.67. The van der Waals surface area contributed by atoms with Crippen molar-refractivity contribution < 1.29 is 5.11 Å². The van der Waals surface area contributed by atoms with Gasteiger partial charge in [-0.25, -0.2) is 0 Å². The molecule has 21 heavy (non-hydrogen) atoms. The van der Waals surface area contributed by atoms with Gasteiger partial charge in [0.1, 0.15) is 5.75 Å². The number of thiocarbonyl (C=S) groups is 1. The lowest BCUT2D eigenvalue weighted by atomic mass is 9.84. The summed E-state index contributed by atoms with van der Waals surface area (Å²) in [7, 11) is 0. The third-order valence-corrected chi connectivity index (χ3v) is 4.43. The number of phenolic OH excluding ortho intramolecular Hbond substituents is 1. The first-order valence-electron chi connectivity index (χ1n) is 7.32. The maximum atomic E-state index is 9.37. The molecule has 3 heterocycles. The molecular weight excluding hydrogens is 284 g/mol. The van der Waals surface area contributed by atoms with Gasteiger partial charge in [-0.05, 0) is 61.8 Å². The fourth-order valence-corrected chi connectivity index (χ4v) is 3.30. The summed E-state index contributed by atoms with van der Waals surface area (Å²) in [6, 6.07) is 7.36. The zero-order chi connectivity index (χ0) is 14.7. The molecule has 0 spiro atoms. The second-order valence-corrected chi connectivity index (χ2v) is 6.09. The maximum Gasteiger partial charge on any atom is 0.187 e. The monoisotopic (exact) mass is 304 g/mol. The summed E-state index contributed by atoms with van der Waals surface area (Å²) in [5, 5.41) is 17.4. The third-order valence-electron chi connectivity index (χ3n) is 4.22. The molecule has 112 valence electrons. The number of hydrogen-bond donors (Lipinski definition) is 3. The summed E-state index contributed by atoms with van der Waals surface area (Å²) in [4.78, 5) is 2.48. The topological polar surface area (TPSA) is 59.9 Å². The summed E-state index contributed by atoms with van der Waals surface area (Å²) < 4.78 is 0. The van der Waals surface area contributed by atoms with Crippen LogP contribution < -0.4 is 10.7 Å². The van der Waals surface area contributed by atoms with Crippen molar-refractivity contribution in [3.05, 3.63) is 29.8 Å². The van der Waals surface area contributed by atoms with Crippen molar-refractivity contribution in [3.63, 3.8) is 0 Å². The number of hydrazone groups is 1. The van der Waals surface area contributed by atoms with Gasteiger partial charge in [0.15, 0.2) is 5.11 Å². The van der Waals surface area contributed by atoms with E-state index >= 15 is 0 Å². The Bertz CT molecular complexity index is 540. The molecule has 4 rings (SSSR count). The van der Waals surface area contributed by atoms with Gasteiger partial charge in [-0.1, -0.05) is 12.1 Å². The van der Waals surface area contributed by atoms with Crippen molar-refractivity contribution in [2.24, 2.45) is 11.0 Å². The second-order valence-electron chi connectivity index (χ2n) is 5.68. The molecule has 3 N–H and O–H groups in total. The molecule has 1 atom stereocenters. The number of hydrogen-bond acceptors (Lipinski definition) is 4. The number of nitrogens with one attached hydrogen (secondary N) is 2. The summed E-state index contributed by atoms with van der Waals surface area (Å²) in [6.07, 6.45) is 4.16.